The predicted molar refractivity (Wildman–Crippen MR) is 49.0 cm³/mol. The molecule has 72 valence electrons. The number of hydrogen-bond acceptors (Lipinski definition) is 2. The minimum Gasteiger partial charge on any atom is -0.390 e. The zero-order valence-corrected chi connectivity index (χ0v) is 8.12. The van der Waals surface area contributed by atoms with Crippen molar-refractivity contribution in [1.82, 2.24) is 0 Å². The molecule has 0 aliphatic carbocycles. The third-order valence-corrected chi connectivity index (χ3v) is 2.96. The number of aliphatic hydroxyl groups excluding tert-OH is 1. The minimum absolute atomic E-state index is 0.203. The molecule has 2 unspecified atom stereocenters. The molecule has 1 fully saturated rings. The fourth-order valence-electron chi connectivity index (χ4n) is 1.86. The number of rotatable bonds is 4. The van der Waals surface area contributed by atoms with Gasteiger partial charge in [0.2, 0.25) is 0 Å². The molecule has 12 heavy (non-hydrogen) atoms. The first-order chi connectivity index (χ1) is 5.77. The average molecular weight is 172 g/mol. The summed E-state index contributed by atoms with van der Waals surface area (Å²) in [5, 5.41) is 9.50. The molecule has 0 saturated carbocycles. The number of ether oxygens (including phenoxy) is 1. The first-order valence-corrected chi connectivity index (χ1v) is 5.03. The first kappa shape index (κ1) is 10.0. The van der Waals surface area contributed by atoms with Gasteiger partial charge < -0.3 is 9.84 Å². The molecule has 0 aromatic carbocycles. The Balaban J connectivity index is 2.28. The van der Waals surface area contributed by atoms with Crippen LogP contribution in [0.2, 0.25) is 0 Å². The van der Waals surface area contributed by atoms with E-state index in [1.165, 1.54) is 12.8 Å². The van der Waals surface area contributed by atoms with Crippen molar-refractivity contribution in [2.24, 2.45) is 11.8 Å². The van der Waals surface area contributed by atoms with Gasteiger partial charge in [-0.05, 0) is 12.3 Å². The Labute approximate surface area is 74.9 Å². The first-order valence-electron chi connectivity index (χ1n) is 5.03. The van der Waals surface area contributed by atoms with Gasteiger partial charge in [-0.3, -0.25) is 0 Å². The molecule has 2 nitrogen and oxygen atoms in total. The molecular formula is C10H20O2. The van der Waals surface area contributed by atoms with E-state index in [-0.39, 0.29) is 6.10 Å². The lowest BCUT2D eigenvalue weighted by atomic mass is 9.89. The van der Waals surface area contributed by atoms with Gasteiger partial charge in [-0.2, -0.15) is 0 Å². The SMILES string of the molecule is CCC(CC)CC1COCC1O. The second kappa shape index (κ2) is 4.83. The molecule has 2 atom stereocenters. The van der Waals surface area contributed by atoms with Gasteiger partial charge in [0.25, 0.3) is 0 Å². The third kappa shape index (κ3) is 2.46. The highest BCUT2D eigenvalue weighted by Crippen LogP contribution is 2.25. The van der Waals surface area contributed by atoms with E-state index < -0.39 is 0 Å². The fraction of sp³-hybridized carbons (Fsp3) is 1.00. The second-order valence-electron chi connectivity index (χ2n) is 3.78. The van der Waals surface area contributed by atoms with Crippen LogP contribution in [0.25, 0.3) is 0 Å². The van der Waals surface area contributed by atoms with Crippen molar-refractivity contribution in [2.75, 3.05) is 13.2 Å². The van der Waals surface area contributed by atoms with Crippen LogP contribution in [-0.4, -0.2) is 24.4 Å². The summed E-state index contributed by atoms with van der Waals surface area (Å²) in [5.41, 5.74) is 0. The predicted octanol–water partition coefficient (Wildman–Crippen LogP) is 1.82. The lowest BCUT2D eigenvalue weighted by Crippen LogP contribution is -2.20. The van der Waals surface area contributed by atoms with Crippen LogP contribution in [0.15, 0.2) is 0 Å². The number of aliphatic hydroxyl groups is 1. The van der Waals surface area contributed by atoms with Gasteiger partial charge in [0.15, 0.2) is 0 Å². The van der Waals surface area contributed by atoms with E-state index in [1.54, 1.807) is 0 Å². The summed E-state index contributed by atoms with van der Waals surface area (Å²) in [6.45, 7) is 5.75. The molecule has 0 bridgehead atoms. The van der Waals surface area contributed by atoms with Crippen molar-refractivity contribution in [3.05, 3.63) is 0 Å². The Morgan fingerprint density at radius 2 is 2.00 bits per heavy atom. The molecule has 2 heteroatoms. The maximum absolute atomic E-state index is 9.50. The molecule has 0 amide bonds. The van der Waals surface area contributed by atoms with Crippen LogP contribution in [0.4, 0.5) is 0 Å². The number of hydrogen-bond donors (Lipinski definition) is 1. The fourth-order valence-corrected chi connectivity index (χ4v) is 1.86. The van der Waals surface area contributed by atoms with E-state index in [2.05, 4.69) is 13.8 Å². The minimum atomic E-state index is -0.203. The molecule has 1 rings (SSSR count). The van der Waals surface area contributed by atoms with Crippen molar-refractivity contribution >= 4 is 0 Å². The summed E-state index contributed by atoms with van der Waals surface area (Å²) in [5.74, 6) is 1.17. The van der Waals surface area contributed by atoms with Crippen molar-refractivity contribution in [3.63, 3.8) is 0 Å². The third-order valence-electron chi connectivity index (χ3n) is 2.96. The topological polar surface area (TPSA) is 29.5 Å². The Bertz CT molecular complexity index is 121. The van der Waals surface area contributed by atoms with E-state index in [1.807, 2.05) is 0 Å². The lowest BCUT2D eigenvalue weighted by Gasteiger charge is -2.18. The second-order valence-corrected chi connectivity index (χ2v) is 3.78. The van der Waals surface area contributed by atoms with E-state index in [0.29, 0.717) is 12.5 Å². The highest BCUT2D eigenvalue weighted by molar-refractivity contribution is 4.76. The van der Waals surface area contributed by atoms with Crippen molar-refractivity contribution in [3.8, 4) is 0 Å². The smallest absolute Gasteiger partial charge is 0.0823 e. The van der Waals surface area contributed by atoms with Crippen LogP contribution >= 0.6 is 0 Å². The van der Waals surface area contributed by atoms with Gasteiger partial charge >= 0.3 is 0 Å². The van der Waals surface area contributed by atoms with Crippen molar-refractivity contribution < 1.29 is 9.84 Å². The standard InChI is InChI=1S/C10H20O2/c1-3-8(4-2)5-9-6-12-7-10(9)11/h8-11H,3-7H2,1-2H3. The summed E-state index contributed by atoms with van der Waals surface area (Å²) >= 11 is 0. The highest BCUT2D eigenvalue weighted by Gasteiger charge is 2.27. The van der Waals surface area contributed by atoms with Crippen LogP contribution in [-0.2, 0) is 4.74 Å². The van der Waals surface area contributed by atoms with E-state index in [9.17, 15) is 5.11 Å². The molecule has 0 aromatic rings. The van der Waals surface area contributed by atoms with Crippen LogP contribution < -0.4 is 0 Å². The van der Waals surface area contributed by atoms with Crippen LogP contribution in [0, 0.1) is 11.8 Å². The molecule has 1 N–H and O–H groups in total. The van der Waals surface area contributed by atoms with Gasteiger partial charge in [-0.1, -0.05) is 26.7 Å². The summed E-state index contributed by atoms with van der Waals surface area (Å²) in [6.07, 6.45) is 3.37. The normalized spacial score (nSPS) is 30.0. The molecule has 1 saturated heterocycles. The molecule has 1 aliphatic heterocycles. The molecule has 0 spiro atoms. The van der Waals surface area contributed by atoms with Gasteiger partial charge in [-0.25, -0.2) is 0 Å². The van der Waals surface area contributed by atoms with Crippen molar-refractivity contribution in [2.45, 2.75) is 39.2 Å². The van der Waals surface area contributed by atoms with Gasteiger partial charge in [-0.15, -0.1) is 0 Å². The molecule has 0 radical (unpaired) electrons. The Kier molecular flexibility index (Phi) is 4.02. The Morgan fingerprint density at radius 3 is 2.42 bits per heavy atom. The van der Waals surface area contributed by atoms with Gasteiger partial charge in [0, 0.05) is 5.92 Å². The van der Waals surface area contributed by atoms with E-state index in [4.69, 9.17) is 4.74 Å². The highest BCUT2D eigenvalue weighted by atomic mass is 16.5. The van der Waals surface area contributed by atoms with Crippen molar-refractivity contribution in [1.29, 1.82) is 0 Å². The summed E-state index contributed by atoms with van der Waals surface area (Å²) in [4.78, 5) is 0. The summed E-state index contributed by atoms with van der Waals surface area (Å²) < 4.78 is 5.21. The van der Waals surface area contributed by atoms with Crippen LogP contribution in [0.3, 0.4) is 0 Å². The largest absolute Gasteiger partial charge is 0.390 e. The average Bonchev–Trinajstić information content (AvgIpc) is 2.47. The monoisotopic (exact) mass is 172 g/mol. The lowest BCUT2D eigenvalue weighted by molar-refractivity contribution is 0.113. The van der Waals surface area contributed by atoms with Gasteiger partial charge in [0.05, 0.1) is 19.3 Å². The maximum atomic E-state index is 9.50. The van der Waals surface area contributed by atoms with Crippen LogP contribution in [0.5, 0.6) is 0 Å². The Morgan fingerprint density at radius 1 is 1.33 bits per heavy atom. The van der Waals surface area contributed by atoms with E-state index >= 15 is 0 Å². The molecule has 1 aliphatic rings. The summed E-state index contributed by atoms with van der Waals surface area (Å²) in [6, 6.07) is 0. The van der Waals surface area contributed by atoms with E-state index in [0.717, 1.165) is 18.9 Å². The summed E-state index contributed by atoms with van der Waals surface area (Å²) in [7, 11) is 0. The molecule has 1 heterocycles. The molecular weight excluding hydrogens is 152 g/mol. The zero-order valence-electron chi connectivity index (χ0n) is 8.12. The maximum Gasteiger partial charge on any atom is 0.0823 e. The van der Waals surface area contributed by atoms with Crippen LogP contribution in [0.1, 0.15) is 33.1 Å². The Hall–Kier alpha value is -0.0800. The quantitative estimate of drug-likeness (QED) is 0.701. The molecule has 0 aromatic heterocycles. The zero-order chi connectivity index (χ0) is 8.97. The van der Waals surface area contributed by atoms with Gasteiger partial charge in [0.1, 0.15) is 0 Å².